The maximum absolute atomic E-state index is 13.4. The number of ether oxygens (including phenoxy) is 1. The molecule has 0 aliphatic carbocycles. The SMILES string of the molecule is C=C(C)C(=O)OC(c1ccc(Cl)cc1)c1cccc(F)c1. The molecule has 0 saturated carbocycles. The highest BCUT2D eigenvalue weighted by molar-refractivity contribution is 6.30. The first-order valence-corrected chi connectivity index (χ1v) is 6.72. The van der Waals surface area contributed by atoms with E-state index in [1.54, 1.807) is 43.3 Å². The maximum Gasteiger partial charge on any atom is 0.334 e. The molecule has 4 heteroatoms. The van der Waals surface area contributed by atoms with Crippen LogP contribution in [0.2, 0.25) is 5.02 Å². The van der Waals surface area contributed by atoms with Crippen molar-refractivity contribution < 1.29 is 13.9 Å². The Morgan fingerprint density at radius 2 is 1.86 bits per heavy atom. The van der Waals surface area contributed by atoms with Gasteiger partial charge in [0.2, 0.25) is 0 Å². The molecule has 0 aliphatic rings. The zero-order valence-electron chi connectivity index (χ0n) is 11.5. The first-order valence-electron chi connectivity index (χ1n) is 6.35. The Balaban J connectivity index is 2.41. The first kappa shape index (κ1) is 15.3. The van der Waals surface area contributed by atoms with Crippen molar-refractivity contribution in [3.8, 4) is 0 Å². The van der Waals surface area contributed by atoms with E-state index >= 15 is 0 Å². The molecule has 108 valence electrons. The third-order valence-electron chi connectivity index (χ3n) is 2.90. The molecule has 0 saturated heterocycles. The predicted molar refractivity (Wildman–Crippen MR) is 80.6 cm³/mol. The van der Waals surface area contributed by atoms with Crippen LogP contribution in [0, 0.1) is 5.82 Å². The third-order valence-corrected chi connectivity index (χ3v) is 3.15. The Bertz CT molecular complexity index is 665. The lowest BCUT2D eigenvalue weighted by atomic mass is 10.0. The van der Waals surface area contributed by atoms with E-state index in [9.17, 15) is 9.18 Å². The molecule has 0 bridgehead atoms. The molecule has 0 aliphatic heterocycles. The van der Waals surface area contributed by atoms with Crippen molar-refractivity contribution in [2.45, 2.75) is 13.0 Å². The van der Waals surface area contributed by atoms with Crippen molar-refractivity contribution >= 4 is 17.6 Å². The molecule has 0 amide bonds. The summed E-state index contributed by atoms with van der Waals surface area (Å²) in [6.07, 6.45) is -0.706. The molecule has 0 N–H and O–H groups in total. The number of carbonyl (C=O) groups is 1. The largest absolute Gasteiger partial charge is 0.449 e. The molecule has 0 radical (unpaired) electrons. The van der Waals surface area contributed by atoms with Gasteiger partial charge < -0.3 is 4.74 Å². The fraction of sp³-hybridized carbons (Fsp3) is 0.118. The minimum atomic E-state index is -0.706. The summed E-state index contributed by atoms with van der Waals surface area (Å²) in [4.78, 5) is 11.8. The molecule has 1 unspecified atom stereocenters. The predicted octanol–water partition coefficient (Wildman–Crippen LogP) is 4.69. The highest BCUT2D eigenvalue weighted by Crippen LogP contribution is 2.28. The van der Waals surface area contributed by atoms with E-state index in [4.69, 9.17) is 16.3 Å². The summed E-state index contributed by atoms with van der Waals surface area (Å²) in [5, 5.41) is 0.572. The Labute approximate surface area is 127 Å². The summed E-state index contributed by atoms with van der Waals surface area (Å²) in [5.74, 6) is -0.919. The van der Waals surface area contributed by atoms with Crippen molar-refractivity contribution in [2.24, 2.45) is 0 Å². The van der Waals surface area contributed by atoms with Gasteiger partial charge in [-0.15, -0.1) is 0 Å². The normalized spacial score (nSPS) is 11.8. The van der Waals surface area contributed by atoms with E-state index in [1.807, 2.05) is 0 Å². The van der Waals surface area contributed by atoms with Crippen molar-refractivity contribution in [1.29, 1.82) is 0 Å². The molecule has 1 atom stereocenters. The first-order chi connectivity index (χ1) is 9.97. The number of halogens is 2. The number of hydrogen-bond acceptors (Lipinski definition) is 2. The van der Waals surface area contributed by atoms with Crippen molar-refractivity contribution in [3.63, 3.8) is 0 Å². The van der Waals surface area contributed by atoms with Crippen LogP contribution in [-0.2, 0) is 9.53 Å². The summed E-state index contributed by atoms with van der Waals surface area (Å²) in [6, 6.07) is 12.8. The van der Waals surface area contributed by atoms with Crippen LogP contribution in [-0.4, -0.2) is 5.97 Å². The number of rotatable bonds is 4. The van der Waals surface area contributed by atoms with Gasteiger partial charge in [-0.05, 0) is 42.3 Å². The molecule has 0 spiro atoms. The second-order valence-electron chi connectivity index (χ2n) is 4.67. The van der Waals surface area contributed by atoms with Crippen LogP contribution in [0.3, 0.4) is 0 Å². The third kappa shape index (κ3) is 3.92. The monoisotopic (exact) mass is 304 g/mol. The van der Waals surface area contributed by atoms with Crippen molar-refractivity contribution in [3.05, 3.63) is 82.6 Å². The molecule has 0 aromatic heterocycles. The van der Waals surface area contributed by atoms with Gasteiger partial charge in [0.15, 0.2) is 6.10 Å². The summed E-state index contributed by atoms with van der Waals surface area (Å²) in [5.41, 5.74) is 1.54. The Morgan fingerprint density at radius 1 is 1.19 bits per heavy atom. The molecule has 2 aromatic rings. The molecule has 0 heterocycles. The van der Waals surface area contributed by atoms with Gasteiger partial charge in [-0.1, -0.05) is 42.4 Å². The van der Waals surface area contributed by atoms with E-state index in [-0.39, 0.29) is 5.57 Å². The fourth-order valence-corrected chi connectivity index (χ4v) is 1.97. The van der Waals surface area contributed by atoms with Gasteiger partial charge in [-0.2, -0.15) is 0 Å². The molecule has 2 aromatic carbocycles. The molecular formula is C17H14ClFO2. The van der Waals surface area contributed by atoms with Gasteiger partial charge in [0.1, 0.15) is 5.82 Å². The van der Waals surface area contributed by atoms with E-state index in [2.05, 4.69) is 6.58 Å². The lowest BCUT2D eigenvalue weighted by Gasteiger charge is -2.19. The van der Waals surface area contributed by atoms with Crippen molar-refractivity contribution in [1.82, 2.24) is 0 Å². The van der Waals surface area contributed by atoms with Crippen LogP contribution >= 0.6 is 11.6 Å². The van der Waals surface area contributed by atoms with Gasteiger partial charge in [0, 0.05) is 10.6 Å². The van der Waals surface area contributed by atoms with Crippen LogP contribution in [0.25, 0.3) is 0 Å². The maximum atomic E-state index is 13.4. The van der Waals surface area contributed by atoms with Crippen LogP contribution in [0.1, 0.15) is 24.2 Å². The zero-order valence-corrected chi connectivity index (χ0v) is 12.2. The van der Waals surface area contributed by atoms with E-state index in [0.717, 1.165) is 0 Å². The summed E-state index contributed by atoms with van der Waals surface area (Å²) >= 11 is 5.86. The minimum absolute atomic E-state index is 0.283. The molecule has 2 rings (SSSR count). The molecule has 2 nitrogen and oxygen atoms in total. The summed E-state index contributed by atoms with van der Waals surface area (Å²) in [7, 11) is 0. The smallest absolute Gasteiger partial charge is 0.334 e. The lowest BCUT2D eigenvalue weighted by molar-refractivity contribution is -0.142. The summed E-state index contributed by atoms with van der Waals surface area (Å²) < 4.78 is 18.9. The lowest BCUT2D eigenvalue weighted by Crippen LogP contribution is -2.13. The number of hydrogen-bond donors (Lipinski definition) is 0. The number of carbonyl (C=O) groups excluding carboxylic acids is 1. The van der Waals surface area contributed by atoms with Crippen LogP contribution < -0.4 is 0 Å². The average Bonchev–Trinajstić information content (AvgIpc) is 2.45. The van der Waals surface area contributed by atoms with Crippen LogP contribution in [0.15, 0.2) is 60.7 Å². The topological polar surface area (TPSA) is 26.3 Å². The van der Waals surface area contributed by atoms with E-state index in [0.29, 0.717) is 16.1 Å². The highest BCUT2D eigenvalue weighted by Gasteiger charge is 2.20. The number of benzene rings is 2. The van der Waals surface area contributed by atoms with Gasteiger partial charge in [0.05, 0.1) is 0 Å². The molecule has 0 fully saturated rings. The minimum Gasteiger partial charge on any atom is -0.449 e. The highest BCUT2D eigenvalue weighted by atomic mass is 35.5. The van der Waals surface area contributed by atoms with Crippen molar-refractivity contribution in [2.75, 3.05) is 0 Å². The van der Waals surface area contributed by atoms with Gasteiger partial charge in [-0.25, -0.2) is 9.18 Å². The standard InChI is InChI=1S/C17H14ClFO2/c1-11(2)17(20)21-16(12-6-8-14(18)9-7-12)13-4-3-5-15(19)10-13/h3-10,16H,1H2,2H3. The Hall–Kier alpha value is -2.13. The second-order valence-corrected chi connectivity index (χ2v) is 5.11. The van der Waals surface area contributed by atoms with Crippen LogP contribution in [0.5, 0.6) is 0 Å². The van der Waals surface area contributed by atoms with Gasteiger partial charge >= 0.3 is 5.97 Å². The number of esters is 1. The van der Waals surface area contributed by atoms with Crippen LogP contribution in [0.4, 0.5) is 4.39 Å². The van der Waals surface area contributed by atoms with Gasteiger partial charge in [0.25, 0.3) is 0 Å². The fourth-order valence-electron chi connectivity index (χ4n) is 1.84. The quantitative estimate of drug-likeness (QED) is 0.605. The molecular weight excluding hydrogens is 291 g/mol. The Morgan fingerprint density at radius 3 is 2.43 bits per heavy atom. The molecule has 21 heavy (non-hydrogen) atoms. The van der Waals surface area contributed by atoms with E-state index in [1.165, 1.54) is 12.1 Å². The van der Waals surface area contributed by atoms with Gasteiger partial charge in [-0.3, -0.25) is 0 Å². The second kappa shape index (κ2) is 6.55. The average molecular weight is 305 g/mol. The van der Waals surface area contributed by atoms with E-state index < -0.39 is 17.9 Å². The zero-order chi connectivity index (χ0) is 15.4. The Kier molecular flexibility index (Phi) is 4.76. The summed E-state index contributed by atoms with van der Waals surface area (Å²) in [6.45, 7) is 5.12.